The average Bonchev–Trinajstić information content (AvgIpc) is 3.14. The van der Waals surface area contributed by atoms with Crippen molar-refractivity contribution in [3.63, 3.8) is 0 Å². The van der Waals surface area contributed by atoms with Crippen LogP contribution in [0, 0.1) is 11.3 Å². The van der Waals surface area contributed by atoms with Gasteiger partial charge in [-0.2, -0.15) is 18.4 Å². The zero-order chi connectivity index (χ0) is 21.0. The summed E-state index contributed by atoms with van der Waals surface area (Å²) in [6.45, 7) is 0. The predicted molar refractivity (Wildman–Crippen MR) is 106 cm³/mol. The van der Waals surface area contributed by atoms with Crippen molar-refractivity contribution >= 4 is 33.6 Å². The van der Waals surface area contributed by atoms with Crippen LogP contribution < -0.4 is 5.32 Å². The number of hydrogen-bond donors (Lipinski definition) is 1. The number of furan rings is 1. The van der Waals surface area contributed by atoms with E-state index < -0.39 is 17.6 Å². The Kier molecular flexibility index (Phi) is 5.89. The number of benzene rings is 2. The van der Waals surface area contributed by atoms with E-state index in [1.807, 2.05) is 24.3 Å². The highest BCUT2D eigenvalue weighted by Crippen LogP contribution is 2.31. The maximum atomic E-state index is 12.8. The van der Waals surface area contributed by atoms with Crippen molar-refractivity contribution in [1.29, 1.82) is 5.26 Å². The first kappa shape index (κ1) is 20.4. The Morgan fingerprint density at radius 2 is 1.83 bits per heavy atom. The van der Waals surface area contributed by atoms with Gasteiger partial charge in [-0.15, -0.1) is 0 Å². The molecule has 0 aliphatic heterocycles. The monoisotopic (exact) mass is 460 g/mol. The highest BCUT2D eigenvalue weighted by Gasteiger charge is 2.30. The lowest BCUT2D eigenvalue weighted by molar-refractivity contribution is -0.137. The van der Waals surface area contributed by atoms with E-state index in [1.54, 1.807) is 18.2 Å². The summed E-state index contributed by atoms with van der Waals surface area (Å²) in [4.78, 5) is 12.3. The summed E-state index contributed by atoms with van der Waals surface area (Å²) in [7, 11) is 0. The minimum Gasteiger partial charge on any atom is -0.457 e. The molecule has 0 saturated carbocycles. The molecule has 0 aliphatic carbocycles. The Morgan fingerprint density at radius 3 is 2.48 bits per heavy atom. The van der Waals surface area contributed by atoms with Crippen LogP contribution in [0.2, 0.25) is 0 Å². The lowest BCUT2D eigenvalue weighted by Gasteiger charge is -2.09. The number of amides is 1. The highest BCUT2D eigenvalue weighted by molar-refractivity contribution is 9.10. The van der Waals surface area contributed by atoms with Gasteiger partial charge in [-0.05, 0) is 42.5 Å². The van der Waals surface area contributed by atoms with Gasteiger partial charge in [0.1, 0.15) is 23.2 Å². The number of nitrogens with zero attached hydrogens (tertiary/aromatic N) is 1. The quantitative estimate of drug-likeness (QED) is 0.368. The molecule has 0 radical (unpaired) electrons. The van der Waals surface area contributed by atoms with Gasteiger partial charge in [-0.25, -0.2) is 0 Å². The van der Waals surface area contributed by atoms with E-state index in [2.05, 4.69) is 21.2 Å². The minimum absolute atomic E-state index is 0.0685. The largest absolute Gasteiger partial charge is 0.457 e. The SMILES string of the molecule is N#C/C(=C\c1ccc(-c2ccc(Br)cc2)o1)C(=O)Nc1cccc(C(F)(F)F)c1. The van der Waals surface area contributed by atoms with Gasteiger partial charge < -0.3 is 9.73 Å². The molecule has 1 amide bonds. The molecule has 3 rings (SSSR count). The number of hydrogen-bond acceptors (Lipinski definition) is 3. The van der Waals surface area contributed by atoms with Crippen LogP contribution in [-0.2, 0) is 11.0 Å². The van der Waals surface area contributed by atoms with Crippen molar-refractivity contribution in [2.75, 3.05) is 5.32 Å². The molecule has 0 aliphatic rings. The van der Waals surface area contributed by atoms with Crippen molar-refractivity contribution in [3.8, 4) is 17.4 Å². The number of nitrogens with one attached hydrogen (secondary N) is 1. The first-order valence-electron chi connectivity index (χ1n) is 8.22. The maximum absolute atomic E-state index is 12.8. The summed E-state index contributed by atoms with van der Waals surface area (Å²) in [5.41, 5.74) is -0.470. The molecular weight excluding hydrogens is 449 g/mol. The minimum atomic E-state index is -4.54. The van der Waals surface area contributed by atoms with E-state index in [1.165, 1.54) is 18.2 Å². The van der Waals surface area contributed by atoms with E-state index >= 15 is 0 Å². The summed E-state index contributed by atoms with van der Waals surface area (Å²) >= 11 is 3.34. The number of nitriles is 1. The predicted octanol–water partition coefficient (Wildman–Crippen LogP) is 6.27. The maximum Gasteiger partial charge on any atom is 0.416 e. The van der Waals surface area contributed by atoms with Crippen LogP contribution >= 0.6 is 15.9 Å². The van der Waals surface area contributed by atoms with Crippen LogP contribution in [0.5, 0.6) is 0 Å². The number of carbonyl (C=O) groups excluding carboxylic acids is 1. The van der Waals surface area contributed by atoms with Gasteiger partial charge >= 0.3 is 6.18 Å². The molecule has 1 heterocycles. The molecular formula is C21H12BrF3N2O2. The normalized spacial score (nSPS) is 11.8. The molecule has 1 N–H and O–H groups in total. The third-order valence-electron chi connectivity index (χ3n) is 3.85. The smallest absolute Gasteiger partial charge is 0.416 e. The number of rotatable bonds is 4. The summed E-state index contributed by atoms with van der Waals surface area (Å²) in [5.74, 6) is -0.0357. The van der Waals surface area contributed by atoms with E-state index in [9.17, 15) is 23.2 Å². The summed E-state index contributed by atoms with van der Waals surface area (Å²) in [6, 6.07) is 16.5. The van der Waals surface area contributed by atoms with E-state index in [-0.39, 0.29) is 17.0 Å². The van der Waals surface area contributed by atoms with Crippen molar-refractivity contribution in [2.45, 2.75) is 6.18 Å². The average molecular weight is 461 g/mol. The van der Waals surface area contributed by atoms with Crippen molar-refractivity contribution in [3.05, 3.63) is 82.0 Å². The second-order valence-corrected chi connectivity index (χ2v) is 6.83. The Balaban J connectivity index is 1.79. The van der Waals surface area contributed by atoms with Gasteiger partial charge in [0, 0.05) is 21.8 Å². The van der Waals surface area contributed by atoms with Crippen LogP contribution in [0.25, 0.3) is 17.4 Å². The molecule has 4 nitrogen and oxygen atoms in total. The molecule has 8 heteroatoms. The molecule has 146 valence electrons. The first-order valence-corrected chi connectivity index (χ1v) is 9.02. The van der Waals surface area contributed by atoms with Crippen LogP contribution in [0.15, 0.2) is 75.1 Å². The summed E-state index contributed by atoms with van der Waals surface area (Å²) in [5, 5.41) is 11.6. The molecule has 0 bridgehead atoms. The molecule has 29 heavy (non-hydrogen) atoms. The molecule has 1 aromatic heterocycles. The van der Waals surface area contributed by atoms with E-state index in [0.29, 0.717) is 5.76 Å². The Labute approximate surface area is 172 Å². The van der Waals surface area contributed by atoms with Gasteiger partial charge in [0.05, 0.1) is 5.56 Å². The Morgan fingerprint density at radius 1 is 1.10 bits per heavy atom. The third-order valence-corrected chi connectivity index (χ3v) is 4.38. The first-order chi connectivity index (χ1) is 13.8. The zero-order valence-electron chi connectivity index (χ0n) is 14.6. The van der Waals surface area contributed by atoms with Gasteiger partial charge in [0.2, 0.25) is 0 Å². The molecule has 2 aromatic carbocycles. The fourth-order valence-corrected chi connectivity index (χ4v) is 2.73. The van der Waals surface area contributed by atoms with Crippen LogP contribution in [0.4, 0.5) is 18.9 Å². The zero-order valence-corrected chi connectivity index (χ0v) is 16.2. The Bertz CT molecular complexity index is 1110. The van der Waals surface area contributed by atoms with Crippen molar-refractivity contribution < 1.29 is 22.4 Å². The fraction of sp³-hybridized carbons (Fsp3) is 0.0476. The van der Waals surface area contributed by atoms with Crippen LogP contribution in [-0.4, -0.2) is 5.91 Å². The standard InChI is InChI=1S/C21H12BrF3N2O2/c22-16-6-4-13(5-7-16)19-9-8-18(29-19)10-14(12-26)20(28)27-17-3-1-2-15(11-17)21(23,24)25/h1-11H,(H,27,28)/b14-10+. The van der Waals surface area contributed by atoms with Crippen LogP contribution in [0.3, 0.4) is 0 Å². The molecule has 0 spiro atoms. The summed E-state index contributed by atoms with van der Waals surface area (Å²) < 4.78 is 44.9. The lowest BCUT2D eigenvalue weighted by atomic mass is 10.1. The van der Waals surface area contributed by atoms with Gasteiger partial charge in [-0.1, -0.05) is 34.1 Å². The van der Waals surface area contributed by atoms with Gasteiger partial charge in [0.15, 0.2) is 0 Å². The number of carbonyl (C=O) groups is 1. The molecule has 0 unspecified atom stereocenters. The third kappa shape index (κ3) is 5.15. The van der Waals surface area contributed by atoms with E-state index in [4.69, 9.17) is 4.42 Å². The molecule has 0 fully saturated rings. The molecule has 0 atom stereocenters. The second-order valence-electron chi connectivity index (χ2n) is 5.91. The highest BCUT2D eigenvalue weighted by atomic mass is 79.9. The lowest BCUT2D eigenvalue weighted by Crippen LogP contribution is -2.14. The van der Waals surface area contributed by atoms with Crippen molar-refractivity contribution in [1.82, 2.24) is 0 Å². The van der Waals surface area contributed by atoms with Crippen LogP contribution in [0.1, 0.15) is 11.3 Å². The summed E-state index contributed by atoms with van der Waals surface area (Å²) in [6.07, 6.45) is -3.31. The topological polar surface area (TPSA) is 66.0 Å². The Hall–Kier alpha value is -3.31. The van der Waals surface area contributed by atoms with Gasteiger partial charge in [-0.3, -0.25) is 4.79 Å². The van der Waals surface area contributed by atoms with Crippen molar-refractivity contribution in [2.24, 2.45) is 0 Å². The fourth-order valence-electron chi connectivity index (χ4n) is 2.46. The van der Waals surface area contributed by atoms with E-state index in [0.717, 1.165) is 22.2 Å². The molecule has 0 saturated heterocycles. The molecule has 3 aromatic rings. The number of anilines is 1. The second kappa shape index (κ2) is 8.37. The van der Waals surface area contributed by atoms with Gasteiger partial charge in [0.25, 0.3) is 5.91 Å². The number of alkyl halides is 3. The number of halogens is 4.